The largest absolute Gasteiger partial charge is 1.00 e. The molecule has 1 aromatic rings. The van der Waals surface area contributed by atoms with E-state index in [4.69, 9.17) is 5.21 Å². The highest BCUT2D eigenvalue weighted by molar-refractivity contribution is 7.88. The van der Waals surface area contributed by atoms with Gasteiger partial charge in [0.25, 0.3) is 0 Å². The number of sulfonamides is 1. The molecule has 1 rings (SSSR count). The molecule has 0 aromatic carbocycles. The third-order valence-electron chi connectivity index (χ3n) is 2.52. The summed E-state index contributed by atoms with van der Waals surface area (Å²) in [5.74, 6) is 0.689. The van der Waals surface area contributed by atoms with Crippen LogP contribution in [-0.2, 0) is 23.6 Å². The number of halogens is 1. The molecule has 1 N–H and O–H groups in total. The van der Waals surface area contributed by atoms with Gasteiger partial charge in [0.2, 0.25) is 10.0 Å². The quantitative estimate of drug-likeness (QED) is 0.260. The number of hydrogen-bond donors (Lipinski definition) is 1. The van der Waals surface area contributed by atoms with Gasteiger partial charge in [0.05, 0.1) is 19.8 Å². The monoisotopic (exact) mass is 296 g/mol. The number of likely N-dealkylation sites (N-methyl/N-ethyl adjacent to an activating group) is 1. The molecule has 104 valence electrons. The number of nitrogens with zero attached hydrogens (tertiary/aromatic N) is 4. The summed E-state index contributed by atoms with van der Waals surface area (Å²) in [6.07, 6.45) is 6.07. The molecule has 0 unspecified atom stereocenters. The molecule has 0 spiro atoms. The Hall–Kier alpha value is -1.12. The molecule has 0 aliphatic rings. The molecule has 0 saturated heterocycles. The first-order chi connectivity index (χ1) is 7.86. The lowest BCUT2D eigenvalue weighted by Crippen LogP contribution is -3.00. The van der Waals surface area contributed by atoms with Crippen LogP contribution in [0.3, 0.4) is 0 Å². The summed E-state index contributed by atoms with van der Waals surface area (Å²) in [6.45, 7) is 0.853. The first-order valence-electron chi connectivity index (χ1n) is 4.99. The minimum Gasteiger partial charge on any atom is -1.00 e. The number of oxime groups is 1. The second-order valence-electron chi connectivity index (χ2n) is 3.79. The van der Waals surface area contributed by atoms with Crippen LogP contribution in [-0.4, -0.2) is 48.6 Å². The SMILES string of the molecule is CN(CCn1cc[n+](C)c1/C=N/O)S(C)(=O)=O.[Cl-]. The summed E-state index contributed by atoms with van der Waals surface area (Å²) in [5.41, 5.74) is 0. The van der Waals surface area contributed by atoms with Gasteiger partial charge in [-0.05, 0) is 0 Å². The van der Waals surface area contributed by atoms with Gasteiger partial charge in [0.1, 0.15) is 18.9 Å². The second kappa shape index (κ2) is 6.72. The van der Waals surface area contributed by atoms with Crippen molar-refractivity contribution in [2.75, 3.05) is 19.8 Å². The molecule has 0 radical (unpaired) electrons. The predicted molar refractivity (Wildman–Crippen MR) is 62.5 cm³/mol. The topological polar surface area (TPSA) is 78.8 Å². The number of aromatic nitrogens is 2. The smallest absolute Gasteiger partial charge is 0.303 e. The Kier molecular flexibility index (Phi) is 6.30. The van der Waals surface area contributed by atoms with Gasteiger partial charge in [-0.3, -0.25) is 0 Å². The van der Waals surface area contributed by atoms with Crippen LogP contribution in [0.15, 0.2) is 17.5 Å². The van der Waals surface area contributed by atoms with Crippen LogP contribution < -0.4 is 17.0 Å². The van der Waals surface area contributed by atoms with Gasteiger partial charge >= 0.3 is 5.82 Å². The number of hydrogen-bond acceptors (Lipinski definition) is 4. The lowest BCUT2D eigenvalue weighted by Gasteiger charge is -2.12. The Balaban J connectivity index is 0.00000289. The summed E-state index contributed by atoms with van der Waals surface area (Å²) in [5, 5.41) is 11.5. The van der Waals surface area contributed by atoms with Crippen LogP contribution in [0.1, 0.15) is 5.82 Å². The first-order valence-corrected chi connectivity index (χ1v) is 6.84. The Morgan fingerprint density at radius 3 is 2.72 bits per heavy atom. The maximum absolute atomic E-state index is 11.2. The molecule has 1 heterocycles. The molecule has 0 atom stereocenters. The predicted octanol–water partition coefficient (Wildman–Crippen LogP) is -3.98. The normalized spacial score (nSPS) is 12.0. The fourth-order valence-electron chi connectivity index (χ4n) is 1.36. The average molecular weight is 297 g/mol. The number of imidazole rings is 1. The molecule has 0 saturated carbocycles. The highest BCUT2D eigenvalue weighted by Crippen LogP contribution is 1.97. The zero-order valence-electron chi connectivity index (χ0n) is 10.5. The van der Waals surface area contributed by atoms with Crippen LogP contribution in [0.25, 0.3) is 0 Å². The third-order valence-corrected chi connectivity index (χ3v) is 3.84. The van der Waals surface area contributed by atoms with Crippen molar-refractivity contribution in [3.63, 3.8) is 0 Å². The molecule has 0 aliphatic carbocycles. The van der Waals surface area contributed by atoms with Crippen molar-refractivity contribution < 1.29 is 30.6 Å². The highest BCUT2D eigenvalue weighted by Gasteiger charge is 2.16. The van der Waals surface area contributed by atoms with E-state index in [9.17, 15) is 8.42 Å². The molecule has 0 amide bonds. The van der Waals surface area contributed by atoms with Gasteiger partial charge in [0, 0.05) is 7.05 Å². The number of rotatable bonds is 5. The summed E-state index contributed by atoms with van der Waals surface area (Å²) in [6, 6.07) is 0. The van der Waals surface area contributed by atoms with Gasteiger partial charge in [-0.1, -0.05) is 5.16 Å². The third kappa shape index (κ3) is 4.28. The molecule has 7 nitrogen and oxygen atoms in total. The van der Waals surface area contributed by atoms with Crippen molar-refractivity contribution >= 4 is 16.2 Å². The lowest BCUT2D eigenvalue weighted by molar-refractivity contribution is -0.671. The Labute approximate surface area is 113 Å². The van der Waals surface area contributed by atoms with E-state index in [1.165, 1.54) is 23.8 Å². The standard InChI is InChI=1S/C9H16N4O3S.ClH/c1-11-4-6-13(9(11)8-10-14)7-5-12(2)17(3,15)16;/h4,6,8H,5,7H2,1-3H3;1H. The van der Waals surface area contributed by atoms with Crippen molar-refractivity contribution in [3.8, 4) is 0 Å². The summed E-state index contributed by atoms with van der Waals surface area (Å²) < 4.78 is 27.3. The molecular weight excluding hydrogens is 280 g/mol. The molecule has 18 heavy (non-hydrogen) atoms. The molecule has 0 bridgehead atoms. The van der Waals surface area contributed by atoms with Crippen molar-refractivity contribution in [1.82, 2.24) is 8.87 Å². The fourth-order valence-corrected chi connectivity index (χ4v) is 1.77. The second-order valence-corrected chi connectivity index (χ2v) is 5.88. The van der Waals surface area contributed by atoms with E-state index in [-0.39, 0.29) is 12.4 Å². The van der Waals surface area contributed by atoms with Gasteiger partial charge in [-0.15, -0.1) is 0 Å². The molecular formula is C9H17ClN4O3S. The lowest BCUT2D eigenvalue weighted by atomic mass is 10.5. The molecule has 1 aromatic heterocycles. The highest BCUT2D eigenvalue weighted by atomic mass is 35.5. The fraction of sp³-hybridized carbons (Fsp3) is 0.556. The van der Waals surface area contributed by atoms with E-state index >= 15 is 0 Å². The van der Waals surface area contributed by atoms with E-state index < -0.39 is 10.0 Å². The van der Waals surface area contributed by atoms with Crippen molar-refractivity contribution in [2.45, 2.75) is 6.54 Å². The van der Waals surface area contributed by atoms with Gasteiger partial charge < -0.3 is 17.6 Å². The van der Waals surface area contributed by atoms with Crippen molar-refractivity contribution in [3.05, 3.63) is 18.2 Å². The van der Waals surface area contributed by atoms with Crippen molar-refractivity contribution in [2.24, 2.45) is 12.2 Å². The van der Waals surface area contributed by atoms with Crippen LogP contribution >= 0.6 is 0 Å². The zero-order valence-corrected chi connectivity index (χ0v) is 12.1. The van der Waals surface area contributed by atoms with Crippen LogP contribution in [0.4, 0.5) is 0 Å². The van der Waals surface area contributed by atoms with Gasteiger partial charge in [-0.25, -0.2) is 21.9 Å². The van der Waals surface area contributed by atoms with E-state index in [1.807, 2.05) is 7.05 Å². The summed E-state index contributed by atoms with van der Waals surface area (Å²) in [4.78, 5) is 0. The average Bonchev–Trinajstić information content (AvgIpc) is 2.56. The zero-order chi connectivity index (χ0) is 13.1. The van der Waals surface area contributed by atoms with Gasteiger partial charge in [0.15, 0.2) is 6.21 Å². The van der Waals surface area contributed by atoms with E-state index in [0.29, 0.717) is 18.9 Å². The van der Waals surface area contributed by atoms with Crippen molar-refractivity contribution in [1.29, 1.82) is 0 Å². The maximum Gasteiger partial charge on any atom is 0.303 e. The van der Waals surface area contributed by atoms with Crippen LogP contribution in [0.5, 0.6) is 0 Å². The van der Waals surface area contributed by atoms with E-state index in [0.717, 1.165) is 0 Å². The maximum atomic E-state index is 11.2. The minimum atomic E-state index is -3.16. The molecule has 9 heteroatoms. The number of aryl methyl sites for hydroxylation is 1. The van der Waals surface area contributed by atoms with E-state index in [2.05, 4.69) is 5.16 Å². The van der Waals surface area contributed by atoms with Crippen LogP contribution in [0, 0.1) is 0 Å². The Morgan fingerprint density at radius 2 is 2.22 bits per heavy atom. The van der Waals surface area contributed by atoms with Gasteiger partial charge in [-0.2, -0.15) is 0 Å². The Morgan fingerprint density at radius 1 is 1.61 bits per heavy atom. The summed E-state index contributed by atoms with van der Waals surface area (Å²) >= 11 is 0. The minimum absolute atomic E-state index is 0. The molecule has 0 aliphatic heterocycles. The molecule has 0 fully saturated rings. The summed E-state index contributed by atoms with van der Waals surface area (Å²) in [7, 11) is 0.179. The van der Waals surface area contributed by atoms with E-state index in [1.54, 1.807) is 21.5 Å². The first kappa shape index (κ1) is 16.9. The Bertz CT molecular complexity index is 512. The van der Waals surface area contributed by atoms with Crippen LogP contribution in [0.2, 0.25) is 0 Å².